The minimum atomic E-state index is 0.750. The summed E-state index contributed by atoms with van der Waals surface area (Å²) in [5, 5.41) is 0. The molecule has 1 atom stereocenters. The molecule has 0 aromatic rings. The molecule has 0 aliphatic carbocycles. The second-order valence-electron chi connectivity index (χ2n) is 1.31. The summed E-state index contributed by atoms with van der Waals surface area (Å²) in [6.45, 7) is 4.42. The fourth-order valence-corrected chi connectivity index (χ4v) is 3.04. The smallest absolute Gasteiger partial charge is 0.0575 e. The summed E-state index contributed by atoms with van der Waals surface area (Å²) in [5.41, 5.74) is 0. The van der Waals surface area contributed by atoms with E-state index in [1.54, 1.807) is 0 Å². The van der Waals surface area contributed by atoms with Gasteiger partial charge in [-0.25, -0.2) is 0 Å². The maximum absolute atomic E-state index is 2.23. The van der Waals surface area contributed by atoms with Crippen LogP contribution in [0.2, 0.25) is 0 Å². The van der Waals surface area contributed by atoms with Gasteiger partial charge in [0.05, 0.1) is 4.58 Å². The van der Waals surface area contributed by atoms with Crippen LogP contribution < -0.4 is 0 Å². The van der Waals surface area contributed by atoms with Gasteiger partial charge in [-0.1, -0.05) is 28.5 Å². The SMILES string of the molecule is CCSSC(C)SC. The van der Waals surface area contributed by atoms with Gasteiger partial charge < -0.3 is 0 Å². The largest absolute Gasteiger partial charge is 0.150 e. The molecule has 0 heterocycles. The van der Waals surface area contributed by atoms with E-state index in [1.165, 1.54) is 5.75 Å². The van der Waals surface area contributed by atoms with Gasteiger partial charge in [0, 0.05) is 5.75 Å². The summed E-state index contributed by atoms with van der Waals surface area (Å²) in [6.07, 6.45) is 2.15. The minimum absolute atomic E-state index is 0.750. The van der Waals surface area contributed by atoms with Crippen molar-refractivity contribution >= 4 is 33.3 Å². The van der Waals surface area contributed by atoms with Crippen molar-refractivity contribution in [3.63, 3.8) is 0 Å². The lowest BCUT2D eigenvalue weighted by molar-refractivity contribution is 1.44. The van der Waals surface area contributed by atoms with Crippen LogP contribution in [-0.2, 0) is 0 Å². The van der Waals surface area contributed by atoms with Crippen molar-refractivity contribution < 1.29 is 0 Å². The molecule has 0 aliphatic heterocycles. The van der Waals surface area contributed by atoms with Crippen molar-refractivity contribution in [3.8, 4) is 0 Å². The Kier molecular flexibility index (Phi) is 6.98. The maximum Gasteiger partial charge on any atom is 0.0575 e. The van der Waals surface area contributed by atoms with Gasteiger partial charge in [-0.15, -0.1) is 0 Å². The van der Waals surface area contributed by atoms with Crippen LogP contribution in [0.4, 0.5) is 0 Å². The Morgan fingerprint density at radius 2 is 2.12 bits per heavy atom. The average Bonchev–Trinajstić information content (AvgIpc) is 1.83. The van der Waals surface area contributed by atoms with Gasteiger partial charge in [0.15, 0.2) is 0 Å². The lowest BCUT2D eigenvalue weighted by atomic mass is 11.0. The molecule has 0 aromatic heterocycles. The molecule has 0 aromatic carbocycles. The molecule has 0 bridgehead atoms. The third-order valence-electron chi connectivity index (χ3n) is 0.653. The Morgan fingerprint density at radius 1 is 1.50 bits per heavy atom. The van der Waals surface area contributed by atoms with Crippen LogP contribution in [0.25, 0.3) is 0 Å². The maximum atomic E-state index is 2.23. The fraction of sp³-hybridized carbons (Fsp3) is 1.00. The van der Waals surface area contributed by atoms with Gasteiger partial charge in [0.25, 0.3) is 0 Å². The van der Waals surface area contributed by atoms with Crippen LogP contribution in [0.1, 0.15) is 13.8 Å². The molecule has 0 rings (SSSR count). The monoisotopic (exact) mass is 168 g/mol. The summed E-state index contributed by atoms with van der Waals surface area (Å²) < 4.78 is 0.750. The number of hydrogen-bond acceptors (Lipinski definition) is 3. The van der Waals surface area contributed by atoms with Crippen molar-refractivity contribution in [1.82, 2.24) is 0 Å². The zero-order valence-electron chi connectivity index (χ0n) is 5.51. The van der Waals surface area contributed by atoms with Crippen molar-refractivity contribution in [3.05, 3.63) is 0 Å². The van der Waals surface area contributed by atoms with Crippen LogP contribution in [0, 0.1) is 0 Å². The van der Waals surface area contributed by atoms with Crippen molar-refractivity contribution in [2.75, 3.05) is 12.0 Å². The van der Waals surface area contributed by atoms with Gasteiger partial charge in [-0.3, -0.25) is 0 Å². The first kappa shape index (κ1) is 9.05. The molecule has 0 spiro atoms. The molecular weight excluding hydrogens is 156 g/mol. The predicted molar refractivity (Wildman–Crippen MR) is 48.7 cm³/mol. The van der Waals surface area contributed by atoms with Crippen LogP contribution >= 0.6 is 33.3 Å². The first-order chi connectivity index (χ1) is 3.81. The van der Waals surface area contributed by atoms with E-state index in [9.17, 15) is 0 Å². The quantitative estimate of drug-likeness (QED) is 0.468. The summed E-state index contributed by atoms with van der Waals surface area (Å²) in [4.78, 5) is 0. The minimum Gasteiger partial charge on any atom is -0.150 e. The summed E-state index contributed by atoms with van der Waals surface area (Å²) in [6, 6.07) is 0. The van der Waals surface area contributed by atoms with E-state index >= 15 is 0 Å². The Bertz CT molecular complexity index is 46.9. The van der Waals surface area contributed by atoms with E-state index in [-0.39, 0.29) is 0 Å². The van der Waals surface area contributed by atoms with E-state index in [2.05, 4.69) is 20.1 Å². The third kappa shape index (κ3) is 5.19. The Balaban J connectivity index is 2.86. The normalized spacial score (nSPS) is 13.9. The summed E-state index contributed by atoms with van der Waals surface area (Å²) in [7, 11) is 3.89. The lowest BCUT2D eigenvalue weighted by Crippen LogP contribution is -1.81. The topological polar surface area (TPSA) is 0 Å². The molecule has 0 aliphatic rings. The number of thioether (sulfide) groups is 1. The molecule has 0 saturated carbocycles. The first-order valence-electron chi connectivity index (χ1n) is 2.62. The zero-order chi connectivity index (χ0) is 6.41. The second kappa shape index (κ2) is 6.17. The molecule has 0 N–H and O–H groups in total. The Morgan fingerprint density at radius 3 is 2.50 bits per heavy atom. The molecule has 0 fully saturated rings. The molecule has 8 heavy (non-hydrogen) atoms. The van der Waals surface area contributed by atoms with Crippen molar-refractivity contribution in [2.45, 2.75) is 18.4 Å². The summed E-state index contributed by atoms with van der Waals surface area (Å²) in [5.74, 6) is 1.22. The molecule has 1 unspecified atom stereocenters. The average molecular weight is 168 g/mol. The van der Waals surface area contributed by atoms with E-state index in [0.717, 1.165) is 4.58 Å². The highest BCUT2D eigenvalue weighted by Crippen LogP contribution is 2.31. The molecule has 0 radical (unpaired) electrons. The van der Waals surface area contributed by atoms with E-state index < -0.39 is 0 Å². The Labute approximate surface area is 64.0 Å². The van der Waals surface area contributed by atoms with E-state index in [4.69, 9.17) is 0 Å². The van der Waals surface area contributed by atoms with E-state index in [1.807, 2.05) is 33.3 Å². The summed E-state index contributed by atoms with van der Waals surface area (Å²) >= 11 is 1.91. The second-order valence-corrected chi connectivity index (χ2v) is 5.78. The molecule has 0 saturated heterocycles. The Hall–Kier alpha value is 1.05. The van der Waals surface area contributed by atoms with Gasteiger partial charge in [-0.2, -0.15) is 11.8 Å². The third-order valence-corrected chi connectivity index (χ3v) is 5.17. The molecular formula is C5H12S3. The van der Waals surface area contributed by atoms with Gasteiger partial charge in [-0.05, 0) is 13.2 Å². The highest BCUT2D eigenvalue weighted by Gasteiger charge is 1.96. The lowest BCUT2D eigenvalue weighted by Gasteiger charge is -2.03. The number of hydrogen-bond donors (Lipinski definition) is 0. The first-order valence-corrected chi connectivity index (χ1v) is 6.29. The highest BCUT2D eigenvalue weighted by molar-refractivity contribution is 8.78. The molecule has 50 valence electrons. The fourth-order valence-electron chi connectivity index (χ4n) is 0.203. The van der Waals surface area contributed by atoms with Crippen molar-refractivity contribution in [2.24, 2.45) is 0 Å². The van der Waals surface area contributed by atoms with Gasteiger partial charge in [0.2, 0.25) is 0 Å². The molecule has 3 heteroatoms. The van der Waals surface area contributed by atoms with Gasteiger partial charge in [0.1, 0.15) is 0 Å². The molecule has 0 nitrogen and oxygen atoms in total. The van der Waals surface area contributed by atoms with Gasteiger partial charge >= 0.3 is 0 Å². The predicted octanol–water partition coefficient (Wildman–Crippen LogP) is 3.10. The van der Waals surface area contributed by atoms with Crippen LogP contribution in [0.3, 0.4) is 0 Å². The standard InChI is InChI=1S/C5H12S3/c1-4-7-8-5(2)6-3/h5H,4H2,1-3H3. The van der Waals surface area contributed by atoms with Crippen LogP contribution in [-0.4, -0.2) is 16.6 Å². The number of rotatable bonds is 4. The van der Waals surface area contributed by atoms with Crippen LogP contribution in [0.5, 0.6) is 0 Å². The zero-order valence-corrected chi connectivity index (χ0v) is 7.96. The van der Waals surface area contributed by atoms with Crippen molar-refractivity contribution in [1.29, 1.82) is 0 Å². The highest BCUT2D eigenvalue weighted by atomic mass is 33.1. The van der Waals surface area contributed by atoms with Crippen LogP contribution in [0.15, 0.2) is 0 Å². The molecule has 0 amide bonds. The van der Waals surface area contributed by atoms with E-state index in [0.29, 0.717) is 0 Å².